The van der Waals surface area contributed by atoms with Crippen LogP contribution in [0.5, 0.6) is 0 Å². The third kappa shape index (κ3) is 3.05. The maximum absolute atomic E-state index is 11.3. The van der Waals surface area contributed by atoms with Gasteiger partial charge in [-0.3, -0.25) is 9.59 Å². The van der Waals surface area contributed by atoms with Crippen molar-refractivity contribution in [3.63, 3.8) is 0 Å². The zero-order valence-electron chi connectivity index (χ0n) is 8.74. The minimum absolute atomic E-state index is 0.161. The molecule has 0 aromatic carbocycles. The van der Waals surface area contributed by atoms with Gasteiger partial charge in [-0.25, -0.2) is 0 Å². The monoisotopic (exact) mass is 220 g/mol. The molecule has 0 radical (unpaired) electrons. The Morgan fingerprint density at radius 3 is 1.44 bits per heavy atom. The van der Waals surface area contributed by atoms with Crippen LogP contribution >= 0.6 is 0 Å². The van der Waals surface area contributed by atoms with Gasteiger partial charge in [0.1, 0.15) is 0 Å². The van der Waals surface area contributed by atoms with Gasteiger partial charge in [0.25, 0.3) is 0 Å². The van der Waals surface area contributed by atoms with Crippen LogP contribution in [0, 0.1) is 11.8 Å². The van der Waals surface area contributed by atoms with E-state index in [9.17, 15) is 9.59 Å². The van der Waals surface area contributed by atoms with Gasteiger partial charge in [-0.2, -0.15) is 9.58 Å². The number of nitrogens with zero attached hydrogens (tertiary/aromatic N) is 4. The molecule has 6 nitrogen and oxygen atoms in total. The Kier molecular flexibility index (Phi) is 4.45. The van der Waals surface area contributed by atoms with E-state index in [4.69, 9.17) is 11.1 Å². The molecule has 1 aliphatic rings. The van der Waals surface area contributed by atoms with E-state index in [2.05, 4.69) is 9.58 Å². The SMILES string of the molecule is [N-]=[N+]=CC(=O)C1CCC(C(=O)C=[N+]=[N-])CC1. The maximum atomic E-state index is 11.3. The molecule has 0 aromatic heterocycles. The molecule has 0 aliphatic heterocycles. The lowest BCUT2D eigenvalue weighted by Gasteiger charge is -2.22. The lowest BCUT2D eigenvalue weighted by molar-refractivity contribution is -0.124. The fourth-order valence-electron chi connectivity index (χ4n) is 1.99. The predicted octanol–water partition coefficient (Wildman–Crippen LogP) is 0.532. The average Bonchev–Trinajstić information content (AvgIpc) is 2.30. The Labute approximate surface area is 92.5 Å². The highest BCUT2D eigenvalue weighted by atomic mass is 16.1. The Balaban J connectivity index is 2.51. The summed E-state index contributed by atoms with van der Waals surface area (Å²) in [7, 11) is 0. The largest absolute Gasteiger partial charge is 0.361 e. The van der Waals surface area contributed by atoms with E-state index in [0.717, 1.165) is 12.4 Å². The molecule has 0 N–H and O–H groups in total. The quantitative estimate of drug-likeness (QED) is 0.391. The van der Waals surface area contributed by atoms with Crippen LogP contribution in [0.3, 0.4) is 0 Å². The highest BCUT2D eigenvalue weighted by Gasteiger charge is 2.30. The molecule has 0 amide bonds. The highest BCUT2D eigenvalue weighted by molar-refractivity contribution is 6.27. The standard InChI is InChI=1S/C10H12N4O2/c11-13-5-9(15)7-1-2-8(4-3-7)10(16)6-14-12/h5-8H,1-4H2. The molecule has 0 unspecified atom stereocenters. The number of Topliss-reactive ketones (excluding diaryl/α,β-unsaturated/α-hetero) is 2. The van der Waals surface area contributed by atoms with Gasteiger partial charge >= 0.3 is 12.4 Å². The lowest BCUT2D eigenvalue weighted by atomic mass is 9.78. The fourth-order valence-corrected chi connectivity index (χ4v) is 1.99. The topological polar surface area (TPSA) is 107 Å². The first kappa shape index (κ1) is 12.2. The van der Waals surface area contributed by atoms with E-state index in [1.807, 2.05) is 0 Å². The second-order valence-electron chi connectivity index (χ2n) is 3.84. The molecular formula is C10H12N4O2. The third-order valence-corrected chi connectivity index (χ3v) is 2.90. The summed E-state index contributed by atoms with van der Waals surface area (Å²) in [5.41, 5.74) is 16.5. The summed E-state index contributed by atoms with van der Waals surface area (Å²) >= 11 is 0. The van der Waals surface area contributed by atoms with E-state index < -0.39 is 0 Å². The first-order valence-corrected chi connectivity index (χ1v) is 5.11. The Hall–Kier alpha value is -1.90. The molecule has 0 aromatic rings. The molecule has 6 heteroatoms. The van der Waals surface area contributed by atoms with Crippen LogP contribution in [0.1, 0.15) is 25.7 Å². The molecule has 16 heavy (non-hydrogen) atoms. The molecule has 1 fully saturated rings. The summed E-state index contributed by atoms with van der Waals surface area (Å²) in [5, 5.41) is 0. The van der Waals surface area contributed by atoms with Gasteiger partial charge in [-0.1, -0.05) is 0 Å². The van der Waals surface area contributed by atoms with E-state index in [-0.39, 0.29) is 23.4 Å². The number of hydrogen-bond acceptors (Lipinski definition) is 2. The summed E-state index contributed by atoms with van der Waals surface area (Å²) in [6, 6.07) is 0. The second kappa shape index (κ2) is 5.85. The minimum atomic E-state index is -0.204. The van der Waals surface area contributed by atoms with Crippen LogP contribution in [0.2, 0.25) is 0 Å². The Morgan fingerprint density at radius 1 is 0.875 bits per heavy atom. The van der Waals surface area contributed by atoms with Gasteiger partial charge in [-0.15, -0.1) is 0 Å². The number of carbonyl (C=O) groups excluding carboxylic acids is 2. The molecule has 1 rings (SSSR count). The molecular weight excluding hydrogens is 208 g/mol. The van der Waals surface area contributed by atoms with Crippen LogP contribution in [0.4, 0.5) is 0 Å². The van der Waals surface area contributed by atoms with Gasteiger partial charge in [0, 0.05) is 11.8 Å². The third-order valence-electron chi connectivity index (χ3n) is 2.90. The number of rotatable bonds is 4. The van der Waals surface area contributed by atoms with Crippen molar-refractivity contribution in [3.8, 4) is 0 Å². The number of hydrogen-bond donors (Lipinski definition) is 0. The molecule has 1 saturated carbocycles. The van der Waals surface area contributed by atoms with E-state index in [1.54, 1.807) is 0 Å². The number of ketones is 2. The van der Waals surface area contributed by atoms with Gasteiger partial charge in [0.05, 0.1) is 0 Å². The lowest BCUT2D eigenvalue weighted by Crippen LogP contribution is -2.27. The summed E-state index contributed by atoms with van der Waals surface area (Å²) in [6.07, 6.45) is 4.20. The normalized spacial score (nSPS) is 23.8. The molecule has 0 saturated heterocycles. The summed E-state index contributed by atoms with van der Waals surface area (Å²) < 4.78 is 0. The van der Waals surface area contributed by atoms with Crippen molar-refractivity contribution in [1.82, 2.24) is 0 Å². The first-order valence-electron chi connectivity index (χ1n) is 5.11. The van der Waals surface area contributed by atoms with Crippen molar-refractivity contribution < 1.29 is 19.2 Å². The van der Waals surface area contributed by atoms with Crippen LogP contribution < -0.4 is 0 Å². The molecule has 0 bridgehead atoms. The number of carbonyl (C=O) groups is 2. The van der Waals surface area contributed by atoms with Crippen molar-refractivity contribution >= 4 is 24.0 Å². The second-order valence-corrected chi connectivity index (χ2v) is 3.84. The summed E-state index contributed by atoms with van der Waals surface area (Å²) in [6.45, 7) is 0. The van der Waals surface area contributed by atoms with Gasteiger partial charge < -0.3 is 11.1 Å². The highest BCUT2D eigenvalue weighted by Crippen LogP contribution is 2.29. The van der Waals surface area contributed by atoms with Gasteiger partial charge in [0.15, 0.2) is 0 Å². The predicted molar refractivity (Wildman–Crippen MR) is 54.8 cm³/mol. The van der Waals surface area contributed by atoms with Crippen LogP contribution in [-0.2, 0) is 9.59 Å². The molecule has 0 heterocycles. The molecule has 0 spiro atoms. The van der Waals surface area contributed by atoms with Crippen LogP contribution in [0.25, 0.3) is 11.1 Å². The van der Waals surface area contributed by atoms with Crippen molar-refractivity contribution in [1.29, 1.82) is 0 Å². The zero-order chi connectivity index (χ0) is 12.0. The van der Waals surface area contributed by atoms with Crippen molar-refractivity contribution in [2.75, 3.05) is 0 Å². The van der Waals surface area contributed by atoms with Gasteiger partial charge in [-0.05, 0) is 25.7 Å². The van der Waals surface area contributed by atoms with E-state index >= 15 is 0 Å². The zero-order valence-corrected chi connectivity index (χ0v) is 8.74. The first-order chi connectivity index (χ1) is 7.69. The average molecular weight is 220 g/mol. The van der Waals surface area contributed by atoms with Crippen molar-refractivity contribution in [3.05, 3.63) is 11.1 Å². The Bertz CT molecular complexity index is 346. The Morgan fingerprint density at radius 2 is 1.19 bits per heavy atom. The van der Waals surface area contributed by atoms with E-state index in [1.165, 1.54) is 0 Å². The minimum Gasteiger partial charge on any atom is -0.361 e. The van der Waals surface area contributed by atoms with Crippen molar-refractivity contribution in [2.24, 2.45) is 11.8 Å². The molecule has 0 atom stereocenters. The smallest absolute Gasteiger partial charge is 0.323 e. The summed E-state index contributed by atoms with van der Waals surface area (Å²) in [4.78, 5) is 28.1. The van der Waals surface area contributed by atoms with Crippen LogP contribution in [-0.4, -0.2) is 33.6 Å². The maximum Gasteiger partial charge on any atom is 0.323 e. The van der Waals surface area contributed by atoms with E-state index in [0.29, 0.717) is 25.7 Å². The van der Waals surface area contributed by atoms with Crippen LogP contribution in [0.15, 0.2) is 0 Å². The molecule has 84 valence electrons. The van der Waals surface area contributed by atoms with Crippen molar-refractivity contribution in [2.45, 2.75) is 25.7 Å². The fraction of sp³-hybridized carbons (Fsp3) is 0.600. The van der Waals surface area contributed by atoms with Gasteiger partial charge in [0.2, 0.25) is 11.6 Å². The molecule has 1 aliphatic carbocycles. The summed E-state index contributed by atoms with van der Waals surface area (Å²) in [5.74, 6) is -0.731.